The number of aromatic nitrogens is 4. The van der Waals surface area contributed by atoms with Gasteiger partial charge in [-0.1, -0.05) is 121 Å². The standard InChI is InChI=1S/C54H34N4/c1-2-15-35(16-3-1)55-47-24-11-7-20-41(47)44-33-36(30-32-50(44)55)57-49-26-13-8-21-43(49)54-51(57)27-14-28-52(54)58-48-25-12-6-19-40(48)42-31-29-37(34-53(42)58)56-45-22-9-4-17-38(45)39-18-5-10-23-46(39)56/h1-34H. The van der Waals surface area contributed by atoms with Crippen molar-refractivity contribution in [2.75, 3.05) is 0 Å². The molecule has 0 spiro atoms. The molecule has 0 aliphatic heterocycles. The molecule has 0 fully saturated rings. The monoisotopic (exact) mass is 738 g/mol. The van der Waals surface area contributed by atoms with Gasteiger partial charge >= 0.3 is 0 Å². The highest BCUT2D eigenvalue weighted by molar-refractivity contribution is 6.18. The van der Waals surface area contributed by atoms with Gasteiger partial charge in [-0.2, -0.15) is 0 Å². The lowest BCUT2D eigenvalue weighted by molar-refractivity contribution is 1.15. The van der Waals surface area contributed by atoms with Crippen LogP contribution >= 0.6 is 0 Å². The molecule has 0 aliphatic carbocycles. The number of benzene rings is 9. The molecule has 58 heavy (non-hydrogen) atoms. The topological polar surface area (TPSA) is 19.7 Å². The van der Waals surface area contributed by atoms with Crippen LogP contribution in [0.1, 0.15) is 0 Å². The summed E-state index contributed by atoms with van der Waals surface area (Å²) < 4.78 is 9.76. The first-order valence-corrected chi connectivity index (χ1v) is 20.0. The fourth-order valence-electron chi connectivity index (χ4n) is 9.98. The van der Waals surface area contributed by atoms with Gasteiger partial charge in [0.1, 0.15) is 0 Å². The fourth-order valence-corrected chi connectivity index (χ4v) is 9.98. The molecule has 0 aliphatic rings. The van der Waals surface area contributed by atoms with E-state index in [1.54, 1.807) is 0 Å². The molecule has 0 bridgehead atoms. The van der Waals surface area contributed by atoms with E-state index >= 15 is 0 Å². The normalized spacial score (nSPS) is 12.1. The molecule has 0 atom stereocenters. The summed E-state index contributed by atoms with van der Waals surface area (Å²) in [5.41, 5.74) is 14.2. The first kappa shape index (κ1) is 31.4. The number of nitrogens with zero attached hydrogens (tertiary/aromatic N) is 4. The maximum Gasteiger partial charge on any atom is 0.0562 e. The summed E-state index contributed by atoms with van der Waals surface area (Å²) in [6, 6.07) is 75.5. The van der Waals surface area contributed by atoms with Crippen molar-refractivity contribution >= 4 is 87.2 Å². The van der Waals surface area contributed by atoms with Gasteiger partial charge in [0.2, 0.25) is 0 Å². The molecule has 0 unspecified atom stereocenters. The van der Waals surface area contributed by atoms with Crippen LogP contribution in [0.3, 0.4) is 0 Å². The highest BCUT2D eigenvalue weighted by atomic mass is 15.0. The molecule has 0 saturated heterocycles. The molecule has 0 N–H and O–H groups in total. The van der Waals surface area contributed by atoms with Crippen LogP contribution in [0.4, 0.5) is 0 Å². The van der Waals surface area contributed by atoms with Gasteiger partial charge in [0, 0.05) is 60.2 Å². The Kier molecular flexibility index (Phi) is 6.41. The largest absolute Gasteiger partial charge is 0.309 e. The van der Waals surface area contributed by atoms with E-state index in [0.29, 0.717) is 0 Å². The lowest BCUT2D eigenvalue weighted by Gasteiger charge is -2.13. The molecule has 9 aromatic carbocycles. The number of hydrogen-bond donors (Lipinski definition) is 0. The molecular formula is C54H34N4. The third-order valence-electron chi connectivity index (χ3n) is 12.3. The van der Waals surface area contributed by atoms with E-state index in [4.69, 9.17) is 0 Å². The Balaban J connectivity index is 1.09. The molecule has 4 heteroatoms. The lowest BCUT2D eigenvalue weighted by Crippen LogP contribution is -1.98. The van der Waals surface area contributed by atoms with Crippen molar-refractivity contribution in [3.63, 3.8) is 0 Å². The minimum atomic E-state index is 1.14. The second kappa shape index (κ2) is 11.8. The number of para-hydroxylation sites is 6. The molecule has 4 heterocycles. The minimum absolute atomic E-state index is 1.14. The SMILES string of the molecule is c1ccc(-n2c3ccccc3c3cc(-n4c5ccccc5c5c(-n6c7ccccc7c7ccc(-n8c9ccccc9c9ccccc98)cc76)cccc54)ccc32)cc1. The Morgan fingerprint density at radius 1 is 0.207 bits per heavy atom. The predicted molar refractivity (Wildman–Crippen MR) is 244 cm³/mol. The molecule has 4 nitrogen and oxygen atoms in total. The third-order valence-corrected chi connectivity index (χ3v) is 12.3. The summed E-state index contributed by atoms with van der Waals surface area (Å²) in [5, 5.41) is 9.94. The van der Waals surface area contributed by atoms with Gasteiger partial charge in [0.05, 0.1) is 49.8 Å². The van der Waals surface area contributed by atoms with Crippen molar-refractivity contribution in [3.05, 3.63) is 206 Å². The molecule has 0 saturated carbocycles. The highest BCUT2D eigenvalue weighted by Gasteiger charge is 2.22. The fraction of sp³-hybridized carbons (Fsp3) is 0. The van der Waals surface area contributed by atoms with Gasteiger partial charge in [0.15, 0.2) is 0 Å². The molecule has 4 aromatic heterocycles. The van der Waals surface area contributed by atoms with E-state index in [2.05, 4.69) is 225 Å². The quantitative estimate of drug-likeness (QED) is 0.171. The third kappa shape index (κ3) is 4.23. The van der Waals surface area contributed by atoms with Crippen LogP contribution in [0.25, 0.3) is 110 Å². The summed E-state index contributed by atoms with van der Waals surface area (Å²) in [6.45, 7) is 0. The van der Waals surface area contributed by atoms with E-state index < -0.39 is 0 Å². The van der Waals surface area contributed by atoms with E-state index in [-0.39, 0.29) is 0 Å². The van der Waals surface area contributed by atoms with E-state index in [9.17, 15) is 0 Å². The Bertz CT molecular complexity index is 3740. The van der Waals surface area contributed by atoms with Crippen molar-refractivity contribution < 1.29 is 0 Å². The van der Waals surface area contributed by atoms with E-state index in [1.165, 1.54) is 92.9 Å². The Labute approximate surface area is 333 Å². The predicted octanol–water partition coefficient (Wildman–Crippen LogP) is 14.1. The summed E-state index contributed by atoms with van der Waals surface area (Å²) in [7, 11) is 0. The molecule has 270 valence electrons. The van der Waals surface area contributed by atoms with Crippen molar-refractivity contribution in [3.8, 4) is 22.7 Å². The summed E-state index contributed by atoms with van der Waals surface area (Å²) in [6.07, 6.45) is 0. The summed E-state index contributed by atoms with van der Waals surface area (Å²) in [5.74, 6) is 0. The van der Waals surface area contributed by atoms with Crippen molar-refractivity contribution in [1.82, 2.24) is 18.3 Å². The van der Waals surface area contributed by atoms with Gasteiger partial charge in [-0.15, -0.1) is 0 Å². The average Bonchev–Trinajstić information content (AvgIpc) is 4.01. The molecular weight excluding hydrogens is 705 g/mol. The van der Waals surface area contributed by atoms with E-state index in [0.717, 1.165) is 17.1 Å². The van der Waals surface area contributed by atoms with Gasteiger partial charge in [-0.3, -0.25) is 0 Å². The maximum absolute atomic E-state index is 2.50. The Hall–Kier alpha value is -7.82. The first-order chi connectivity index (χ1) is 28.8. The van der Waals surface area contributed by atoms with Crippen molar-refractivity contribution in [1.29, 1.82) is 0 Å². The Morgan fingerprint density at radius 3 is 1.26 bits per heavy atom. The highest BCUT2D eigenvalue weighted by Crippen LogP contribution is 2.42. The molecule has 0 radical (unpaired) electrons. The van der Waals surface area contributed by atoms with E-state index in [1.807, 2.05) is 0 Å². The van der Waals surface area contributed by atoms with Crippen molar-refractivity contribution in [2.24, 2.45) is 0 Å². The summed E-state index contributed by atoms with van der Waals surface area (Å²) >= 11 is 0. The van der Waals surface area contributed by atoms with Crippen LogP contribution in [-0.2, 0) is 0 Å². The molecule has 13 aromatic rings. The number of fused-ring (bicyclic) bond motifs is 12. The zero-order valence-electron chi connectivity index (χ0n) is 31.4. The van der Waals surface area contributed by atoms with Gasteiger partial charge in [-0.05, 0) is 84.9 Å². The average molecular weight is 739 g/mol. The second-order valence-corrected chi connectivity index (χ2v) is 15.3. The van der Waals surface area contributed by atoms with Crippen LogP contribution in [0.15, 0.2) is 206 Å². The smallest absolute Gasteiger partial charge is 0.0562 e. The zero-order valence-corrected chi connectivity index (χ0v) is 31.4. The van der Waals surface area contributed by atoms with Gasteiger partial charge in [-0.25, -0.2) is 0 Å². The van der Waals surface area contributed by atoms with Crippen LogP contribution < -0.4 is 0 Å². The van der Waals surface area contributed by atoms with Crippen LogP contribution in [0.2, 0.25) is 0 Å². The maximum atomic E-state index is 2.50. The zero-order chi connectivity index (χ0) is 37.9. The first-order valence-electron chi connectivity index (χ1n) is 20.0. The Morgan fingerprint density at radius 2 is 0.621 bits per heavy atom. The molecule has 0 amide bonds. The van der Waals surface area contributed by atoms with Gasteiger partial charge < -0.3 is 18.3 Å². The molecule has 13 rings (SSSR count). The van der Waals surface area contributed by atoms with Crippen LogP contribution in [0.5, 0.6) is 0 Å². The van der Waals surface area contributed by atoms with Crippen LogP contribution in [-0.4, -0.2) is 18.3 Å². The van der Waals surface area contributed by atoms with Gasteiger partial charge in [0.25, 0.3) is 0 Å². The number of rotatable bonds is 4. The van der Waals surface area contributed by atoms with Crippen LogP contribution in [0, 0.1) is 0 Å². The lowest BCUT2D eigenvalue weighted by atomic mass is 10.1. The summed E-state index contributed by atoms with van der Waals surface area (Å²) in [4.78, 5) is 0. The minimum Gasteiger partial charge on any atom is -0.309 e. The number of hydrogen-bond acceptors (Lipinski definition) is 0. The second-order valence-electron chi connectivity index (χ2n) is 15.3. The van der Waals surface area contributed by atoms with Crippen molar-refractivity contribution in [2.45, 2.75) is 0 Å².